The molecule has 4 heteroatoms. The molecule has 0 amide bonds. The number of halogens is 1. The average molecular weight is 299 g/mol. The first-order valence-electron chi connectivity index (χ1n) is 6.85. The zero-order chi connectivity index (χ0) is 14.7. The van der Waals surface area contributed by atoms with Crippen LogP contribution in [0.1, 0.15) is 17.5 Å². The van der Waals surface area contributed by atoms with E-state index in [1.807, 2.05) is 30.3 Å². The molecule has 3 nitrogen and oxygen atoms in total. The van der Waals surface area contributed by atoms with E-state index in [1.165, 1.54) is 0 Å². The normalized spacial score (nSPS) is 15.1. The second-order valence-electron chi connectivity index (χ2n) is 4.86. The van der Waals surface area contributed by atoms with Gasteiger partial charge in [0.25, 0.3) is 0 Å². The van der Waals surface area contributed by atoms with Gasteiger partial charge in [-0.2, -0.15) is 0 Å². The molecule has 2 aromatic rings. The molecule has 0 fully saturated rings. The van der Waals surface area contributed by atoms with Gasteiger partial charge in [-0.15, -0.1) is 0 Å². The van der Waals surface area contributed by atoms with E-state index in [4.69, 9.17) is 11.6 Å². The van der Waals surface area contributed by atoms with Crippen molar-refractivity contribution in [2.45, 2.75) is 6.42 Å². The third kappa shape index (κ3) is 3.14. The molecule has 2 aromatic carbocycles. The SMILES string of the molecule is Oc1ccc(Cl)cc1C1=NCCN=C(c2ccccc2)C1. The predicted molar refractivity (Wildman–Crippen MR) is 87.0 cm³/mol. The second-order valence-corrected chi connectivity index (χ2v) is 5.30. The van der Waals surface area contributed by atoms with Gasteiger partial charge in [-0.25, -0.2) is 0 Å². The minimum absolute atomic E-state index is 0.201. The highest BCUT2D eigenvalue weighted by Gasteiger charge is 2.15. The third-order valence-corrected chi connectivity index (χ3v) is 3.65. The zero-order valence-corrected chi connectivity index (χ0v) is 12.2. The molecule has 0 aliphatic carbocycles. The minimum Gasteiger partial charge on any atom is -0.507 e. The fourth-order valence-electron chi connectivity index (χ4n) is 2.38. The summed E-state index contributed by atoms with van der Waals surface area (Å²) in [5.41, 5.74) is 3.60. The number of nitrogens with zero attached hydrogens (tertiary/aromatic N) is 2. The Hall–Kier alpha value is -2.13. The van der Waals surface area contributed by atoms with E-state index >= 15 is 0 Å². The van der Waals surface area contributed by atoms with Crippen molar-refractivity contribution >= 4 is 23.0 Å². The van der Waals surface area contributed by atoms with Crippen LogP contribution in [-0.2, 0) is 0 Å². The lowest BCUT2D eigenvalue weighted by molar-refractivity contribution is 0.474. The highest BCUT2D eigenvalue weighted by atomic mass is 35.5. The van der Waals surface area contributed by atoms with Crippen LogP contribution >= 0.6 is 11.6 Å². The van der Waals surface area contributed by atoms with Gasteiger partial charge in [0.05, 0.1) is 18.8 Å². The Morgan fingerprint density at radius 2 is 1.62 bits per heavy atom. The van der Waals surface area contributed by atoms with Crippen LogP contribution < -0.4 is 0 Å². The minimum atomic E-state index is 0.201. The summed E-state index contributed by atoms with van der Waals surface area (Å²) in [4.78, 5) is 9.16. The molecule has 21 heavy (non-hydrogen) atoms. The van der Waals surface area contributed by atoms with Crippen molar-refractivity contribution < 1.29 is 5.11 Å². The first kappa shape index (κ1) is 13.8. The molecule has 106 valence electrons. The molecule has 0 radical (unpaired) electrons. The first-order chi connectivity index (χ1) is 10.2. The van der Waals surface area contributed by atoms with E-state index in [1.54, 1.807) is 18.2 Å². The maximum Gasteiger partial charge on any atom is 0.124 e. The molecule has 0 atom stereocenters. The number of aromatic hydroxyl groups is 1. The second kappa shape index (κ2) is 6.10. The van der Waals surface area contributed by atoms with Gasteiger partial charge in [0.1, 0.15) is 5.75 Å². The molecule has 0 saturated heterocycles. The van der Waals surface area contributed by atoms with Crippen molar-refractivity contribution in [3.05, 3.63) is 64.7 Å². The first-order valence-corrected chi connectivity index (χ1v) is 7.23. The molecular formula is C17H15ClN2O. The van der Waals surface area contributed by atoms with Gasteiger partial charge in [0, 0.05) is 22.7 Å². The van der Waals surface area contributed by atoms with Crippen LogP contribution in [0.3, 0.4) is 0 Å². The number of phenolic OH excluding ortho intramolecular Hbond substituents is 1. The molecule has 0 unspecified atom stereocenters. The summed E-state index contributed by atoms with van der Waals surface area (Å²) in [7, 11) is 0. The van der Waals surface area contributed by atoms with E-state index in [-0.39, 0.29) is 5.75 Å². The lowest BCUT2D eigenvalue weighted by Crippen LogP contribution is -2.10. The standard InChI is InChI=1S/C17H15ClN2O/c18-13-6-7-17(21)14(10-13)16-11-15(19-8-9-20-16)12-4-2-1-3-5-12/h1-7,10,21H,8-9,11H2. The number of hydrogen-bond donors (Lipinski definition) is 1. The third-order valence-electron chi connectivity index (χ3n) is 3.42. The largest absolute Gasteiger partial charge is 0.507 e. The van der Waals surface area contributed by atoms with Crippen molar-refractivity contribution in [2.75, 3.05) is 13.1 Å². The summed E-state index contributed by atoms with van der Waals surface area (Å²) >= 11 is 6.03. The lowest BCUT2D eigenvalue weighted by atomic mass is 9.99. The molecule has 3 rings (SSSR count). The van der Waals surface area contributed by atoms with Crippen LogP contribution in [-0.4, -0.2) is 29.6 Å². The summed E-state index contributed by atoms with van der Waals surface area (Å²) in [5.74, 6) is 0.201. The van der Waals surface area contributed by atoms with Gasteiger partial charge < -0.3 is 5.11 Å². The van der Waals surface area contributed by atoms with Crippen molar-refractivity contribution in [3.8, 4) is 5.75 Å². The van der Waals surface area contributed by atoms with Crippen LogP contribution in [0.2, 0.25) is 5.02 Å². The quantitative estimate of drug-likeness (QED) is 0.902. The summed E-state index contributed by atoms with van der Waals surface area (Å²) in [6, 6.07) is 15.1. The van der Waals surface area contributed by atoms with Crippen molar-refractivity contribution in [2.24, 2.45) is 9.98 Å². The van der Waals surface area contributed by atoms with Crippen LogP contribution in [0.15, 0.2) is 58.5 Å². The van der Waals surface area contributed by atoms with Gasteiger partial charge in [-0.05, 0) is 23.8 Å². The maximum absolute atomic E-state index is 10.1. The lowest BCUT2D eigenvalue weighted by Gasteiger charge is -2.10. The predicted octanol–water partition coefficient (Wildman–Crippen LogP) is 3.73. The Kier molecular flexibility index (Phi) is 4.02. The van der Waals surface area contributed by atoms with E-state index in [0.29, 0.717) is 30.1 Å². The van der Waals surface area contributed by atoms with Gasteiger partial charge >= 0.3 is 0 Å². The van der Waals surface area contributed by atoms with E-state index in [0.717, 1.165) is 17.0 Å². The average Bonchev–Trinajstić information content (AvgIpc) is 2.76. The van der Waals surface area contributed by atoms with E-state index in [9.17, 15) is 5.11 Å². The Morgan fingerprint density at radius 3 is 2.38 bits per heavy atom. The Balaban J connectivity index is 1.96. The van der Waals surface area contributed by atoms with Gasteiger partial charge in [-0.1, -0.05) is 41.9 Å². The fourth-order valence-corrected chi connectivity index (χ4v) is 2.56. The van der Waals surface area contributed by atoms with Crippen molar-refractivity contribution in [1.82, 2.24) is 0 Å². The Labute approximate surface area is 128 Å². The number of rotatable bonds is 2. The topological polar surface area (TPSA) is 45.0 Å². The number of benzene rings is 2. The number of phenols is 1. The van der Waals surface area contributed by atoms with Crippen LogP contribution in [0, 0.1) is 0 Å². The zero-order valence-electron chi connectivity index (χ0n) is 11.5. The fraction of sp³-hybridized carbons (Fsp3) is 0.176. The molecule has 0 spiro atoms. The molecule has 1 heterocycles. The molecular weight excluding hydrogens is 284 g/mol. The number of hydrogen-bond acceptors (Lipinski definition) is 3. The Bertz CT molecular complexity index is 708. The number of aliphatic imine (C=N–C) groups is 2. The van der Waals surface area contributed by atoms with Crippen molar-refractivity contribution in [3.63, 3.8) is 0 Å². The van der Waals surface area contributed by atoms with E-state index in [2.05, 4.69) is 9.98 Å². The monoisotopic (exact) mass is 298 g/mol. The molecule has 0 bridgehead atoms. The highest BCUT2D eigenvalue weighted by Crippen LogP contribution is 2.24. The highest BCUT2D eigenvalue weighted by molar-refractivity contribution is 6.31. The summed E-state index contributed by atoms with van der Waals surface area (Å²) in [6.07, 6.45) is 0.595. The molecule has 0 saturated carbocycles. The summed E-state index contributed by atoms with van der Waals surface area (Å²) in [6.45, 7) is 1.28. The molecule has 1 N–H and O–H groups in total. The summed E-state index contributed by atoms with van der Waals surface area (Å²) < 4.78 is 0. The van der Waals surface area contributed by atoms with Gasteiger partial charge in [0.2, 0.25) is 0 Å². The smallest absolute Gasteiger partial charge is 0.124 e. The van der Waals surface area contributed by atoms with Crippen LogP contribution in [0.4, 0.5) is 0 Å². The Morgan fingerprint density at radius 1 is 0.905 bits per heavy atom. The molecule has 0 aromatic heterocycles. The van der Waals surface area contributed by atoms with Gasteiger partial charge in [0.15, 0.2) is 0 Å². The van der Waals surface area contributed by atoms with Crippen LogP contribution in [0.25, 0.3) is 0 Å². The molecule has 1 aliphatic rings. The molecule has 1 aliphatic heterocycles. The van der Waals surface area contributed by atoms with Gasteiger partial charge in [-0.3, -0.25) is 9.98 Å². The van der Waals surface area contributed by atoms with Crippen LogP contribution in [0.5, 0.6) is 5.75 Å². The summed E-state index contributed by atoms with van der Waals surface area (Å²) in [5, 5.41) is 10.6. The van der Waals surface area contributed by atoms with E-state index < -0.39 is 0 Å². The van der Waals surface area contributed by atoms with Crippen molar-refractivity contribution in [1.29, 1.82) is 0 Å². The maximum atomic E-state index is 10.1.